The van der Waals surface area contributed by atoms with E-state index in [9.17, 15) is 4.79 Å². The zero-order valence-electron chi connectivity index (χ0n) is 12.4. The lowest BCUT2D eigenvalue weighted by Gasteiger charge is -2.37. The number of nitrogens with zero attached hydrogens (tertiary/aromatic N) is 3. The van der Waals surface area contributed by atoms with E-state index in [2.05, 4.69) is 15.1 Å². The lowest BCUT2D eigenvalue weighted by atomic mass is 9.97. The molecule has 0 aromatic heterocycles. The first-order chi connectivity index (χ1) is 9.15. The Labute approximate surface area is 116 Å². The molecule has 5 nitrogen and oxygen atoms in total. The fourth-order valence-electron chi connectivity index (χ4n) is 2.89. The summed E-state index contributed by atoms with van der Waals surface area (Å²) >= 11 is 0. The van der Waals surface area contributed by atoms with Crippen LogP contribution in [0.5, 0.6) is 0 Å². The molecule has 0 unspecified atom stereocenters. The number of carbonyl (C=O) groups excluding carboxylic acids is 1. The maximum atomic E-state index is 11.7. The summed E-state index contributed by atoms with van der Waals surface area (Å²) in [5.41, 5.74) is 0. The van der Waals surface area contributed by atoms with Gasteiger partial charge in [0, 0.05) is 46.8 Å². The minimum absolute atomic E-state index is 0.215. The molecule has 0 radical (unpaired) electrons. The molecule has 0 saturated carbocycles. The standard InChI is InChI=1S/C14H28N4O/c1-16(2)14(19)12-18-9-7-17(8-10-18)11-13-3-5-15-6-4-13/h13,15H,3-12H2,1-2H3. The highest BCUT2D eigenvalue weighted by molar-refractivity contribution is 5.77. The van der Waals surface area contributed by atoms with Crippen molar-refractivity contribution in [2.45, 2.75) is 12.8 Å². The van der Waals surface area contributed by atoms with Gasteiger partial charge in [-0.2, -0.15) is 0 Å². The minimum Gasteiger partial charge on any atom is -0.348 e. The number of hydrogen-bond donors (Lipinski definition) is 1. The zero-order chi connectivity index (χ0) is 13.7. The van der Waals surface area contributed by atoms with Crippen molar-refractivity contribution >= 4 is 5.91 Å². The van der Waals surface area contributed by atoms with Gasteiger partial charge < -0.3 is 15.1 Å². The molecule has 0 spiro atoms. The van der Waals surface area contributed by atoms with Crippen LogP contribution >= 0.6 is 0 Å². The monoisotopic (exact) mass is 268 g/mol. The normalized spacial score (nSPS) is 23.5. The van der Waals surface area contributed by atoms with Gasteiger partial charge in [-0.05, 0) is 31.8 Å². The van der Waals surface area contributed by atoms with Crippen LogP contribution in [0.3, 0.4) is 0 Å². The molecule has 1 N–H and O–H groups in total. The number of carbonyl (C=O) groups is 1. The van der Waals surface area contributed by atoms with Crippen LogP contribution in [0.1, 0.15) is 12.8 Å². The van der Waals surface area contributed by atoms with E-state index in [4.69, 9.17) is 0 Å². The lowest BCUT2D eigenvalue weighted by Crippen LogP contribution is -2.50. The van der Waals surface area contributed by atoms with E-state index in [0.717, 1.165) is 32.1 Å². The van der Waals surface area contributed by atoms with E-state index in [1.54, 1.807) is 4.90 Å². The Bertz CT molecular complexity index is 281. The predicted molar refractivity (Wildman–Crippen MR) is 77.2 cm³/mol. The molecule has 5 heteroatoms. The Morgan fingerprint density at radius 2 is 1.68 bits per heavy atom. The summed E-state index contributed by atoms with van der Waals surface area (Å²) in [7, 11) is 3.66. The van der Waals surface area contributed by atoms with Crippen molar-refractivity contribution in [1.29, 1.82) is 0 Å². The van der Waals surface area contributed by atoms with E-state index in [0.29, 0.717) is 6.54 Å². The summed E-state index contributed by atoms with van der Waals surface area (Å²) in [6.07, 6.45) is 2.64. The second-order valence-corrected chi connectivity index (χ2v) is 6.06. The van der Waals surface area contributed by atoms with E-state index in [1.165, 1.54) is 32.5 Å². The molecule has 2 fully saturated rings. The zero-order valence-corrected chi connectivity index (χ0v) is 12.4. The number of amides is 1. The summed E-state index contributed by atoms with van der Waals surface area (Å²) in [6.45, 7) is 8.49. The predicted octanol–water partition coefficient (Wildman–Crippen LogP) is -0.308. The van der Waals surface area contributed by atoms with Gasteiger partial charge in [-0.1, -0.05) is 0 Å². The molecule has 2 aliphatic heterocycles. The number of nitrogens with one attached hydrogen (secondary N) is 1. The Morgan fingerprint density at radius 1 is 1.11 bits per heavy atom. The maximum Gasteiger partial charge on any atom is 0.236 e. The molecular formula is C14H28N4O. The molecule has 1 amide bonds. The average molecular weight is 268 g/mol. The average Bonchev–Trinajstić information content (AvgIpc) is 2.42. The largest absolute Gasteiger partial charge is 0.348 e. The fourth-order valence-corrected chi connectivity index (χ4v) is 2.89. The van der Waals surface area contributed by atoms with Crippen molar-refractivity contribution in [3.05, 3.63) is 0 Å². The SMILES string of the molecule is CN(C)C(=O)CN1CCN(CC2CCNCC2)CC1. The smallest absolute Gasteiger partial charge is 0.236 e. The summed E-state index contributed by atoms with van der Waals surface area (Å²) in [5, 5.41) is 3.42. The summed E-state index contributed by atoms with van der Waals surface area (Å²) in [4.78, 5) is 18.2. The Morgan fingerprint density at radius 3 is 2.26 bits per heavy atom. The molecule has 0 aromatic rings. The van der Waals surface area contributed by atoms with Crippen molar-refractivity contribution in [2.24, 2.45) is 5.92 Å². The molecule has 0 aromatic carbocycles. The van der Waals surface area contributed by atoms with Gasteiger partial charge in [0.2, 0.25) is 5.91 Å². The van der Waals surface area contributed by atoms with Crippen molar-refractivity contribution in [3.8, 4) is 0 Å². The van der Waals surface area contributed by atoms with Crippen LogP contribution in [-0.2, 0) is 4.79 Å². The van der Waals surface area contributed by atoms with Gasteiger partial charge in [0.15, 0.2) is 0 Å². The Hall–Kier alpha value is -0.650. The summed E-state index contributed by atoms with van der Waals surface area (Å²) in [6, 6.07) is 0. The van der Waals surface area contributed by atoms with Crippen molar-refractivity contribution in [1.82, 2.24) is 20.0 Å². The van der Waals surface area contributed by atoms with Gasteiger partial charge in [-0.15, -0.1) is 0 Å². The quantitative estimate of drug-likeness (QED) is 0.759. The third-order valence-corrected chi connectivity index (χ3v) is 4.30. The number of rotatable bonds is 4. The molecule has 0 atom stereocenters. The van der Waals surface area contributed by atoms with E-state index < -0.39 is 0 Å². The van der Waals surface area contributed by atoms with E-state index in [1.807, 2.05) is 14.1 Å². The van der Waals surface area contributed by atoms with Gasteiger partial charge in [-0.25, -0.2) is 0 Å². The molecule has 110 valence electrons. The number of likely N-dealkylation sites (N-methyl/N-ethyl adjacent to an activating group) is 1. The van der Waals surface area contributed by atoms with E-state index in [-0.39, 0.29) is 5.91 Å². The summed E-state index contributed by atoms with van der Waals surface area (Å²) < 4.78 is 0. The van der Waals surface area contributed by atoms with Crippen LogP contribution in [0.25, 0.3) is 0 Å². The van der Waals surface area contributed by atoms with Crippen LogP contribution in [0.2, 0.25) is 0 Å². The van der Waals surface area contributed by atoms with Crippen molar-refractivity contribution in [2.75, 3.05) is 66.5 Å². The van der Waals surface area contributed by atoms with Crippen molar-refractivity contribution < 1.29 is 4.79 Å². The molecule has 2 saturated heterocycles. The molecule has 2 rings (SSSR count). The number of piperazine rings is 1. The highest BCUT2D eigenvalue weighted by atomic mass is 16.2. The maximum absolute atomic E-state index is 11.7. The third-order valence-electron chi connectivity index (χ3n) is 4.30. The van der Waals surface area contributed by atoms with Crippen LogP contribution in [0, 0.1) is 5.92 Å². The molecule has 0 aliphatic carbocycles. The third kappa shape index (κ3) is 4.75. The molecule has 2 heterocycles. The topological polar surface area (TPSA) is 38.8 Å². The lowest BCUT2D eigenvalue weighted by molar-refractivity contribution is -0.130. The van der Waals surface area contributed by atoms with Gasteiger partial charge >= 0.3 is 0 Å². The van der Waals surface area contributed by atoms with Crippen molar-refractivity contribution in [3.63, 3.8) is 0 Å². The van der Waals surface area contributed by atoms with Crippen LogP contribution in [0.4, 0.5) is 0 Å². The van der Waals surface area contributed by atoms with Gasteiger partial charge in [-0.3, -0.25) is 9.69 Å². The second kappa shape index (κ2) is 7.22. The summed E-state index contributed by atoms with van der Waals surface area (Å²) in [5.74, 6) is 1.09. The van der Waals surface area contributed by atoms with Gasteiger partial charge in [0.1, 0.15) is 0 Å². The molecule has 19 heavy (non-hydrogen) atoms. The first kappa shape index (κ1) is 14.8. The first-order valence-electron chi connectivity index (χ1n) is 7.50. The first-order valence-corrected chi connectivity index (χ1v) is 7.50. The second-order valence-electron chi connectivity index (χ2n) is 6.06. The highest BCUT2D eigenvalue weighted by Crippen LogP contribution is 2.14. The molecular weight excluding hydrogens is 240 g/mol. The fraction of sp³-hybridized carbons (Fsp3) is 0.929. The number of hydrogen-bond acceptors (Lipinski definition) is 4. The van der Waals surface area contributed by atoms with Gasteiger partial charge in [0.25, 0.3) is 0 Å². The Kier molecular flexibility index (Phi) is 5.60. The minimum atomic E-state index is 0.215. The highest BCUT2D eigenvalue weighted by Gasteiger charge is 2.22. The van der Waals surface area contributed by atoms with Crippen LogP contribution in [-0.4, -0.2) is 87.1 Å². The molecule has 0 bridgehead atoms. The van der Waals surface area contributed by atoms with Crippen LogP contribution in [0.15, 0.2) is 0 Å². The Balaban J connectivity index is 1.65. The van der Waals surface area contributed by atoms with Crippen LogP contribution < -0.4 is 5.32 Å². The van der Waals surface area contributed by atoms with Gasteiger partial charge in [0.05, 0.1) is 6.54 Å². The number of piperidine rings is 1. The molecule has 2 aliphatic rings. The van der Waals surface area contributed by atoms with E-state index >= 15 is 0 Å².